The maximum absolute atomic E-state index is 12.3. The van der Waals surface area contributed by atoms with Crippen LogP contribution in [0.2, 0.25) is 0 Å². The lowest BCUT2D eigenvalue weighted by Crippen LogP contribution is -2.37. The summed E-state index contributed by atoms with van der Waals surface area (Å²) in [5.41, 5.74) is 2.09. The number of amides is 1. The molecule has 2 atom stereocenters. The van der Waals surface area contributed by atoms with E-state index in [1.54, 1.807) is 37.3 Å². The highest BCUT2D eigenvalue weighted by atomic mass is 16.5. The molecule has 0 aromatic heterocycles. The fraction of sp³-hybridized carbons (Fsp3) is 0.300. The average molecular weight is 341 g/mol. The Bertz CT molecular complexity index is 715. The zero-order valence-electron chi connectivity index (χ0n) is 14.4. The van der Waals surface area contributed by atoms with Gasteiger partial charge in [0.1, 0.15) is 5.92 Å². The second-order valence-corrected chi connectivity index (χ2v) is 5.79. The van der Waals surface area contributed by atoms with E-state index in [1.165, 1.54) is 0 Å². The summed E-state index contributed by atoms with van der Waals surface area (Å²) in [6.07, 6.45) is -1.06. The number of hydrogen-bond donors (Lipinski definition) is 2. The quantitative estimate of drug-likeness (QED) is 0.759. The van der Waals surface area contributed by atoms with Crippen LogP contribution in [0, 0.1) is 12.8 Å². The Labute approximate surface area is 147 Å². The summed E-state index contributed by atoms with van der Waals surface area (Å²) in [6, 6.07) is 16.0. The number of rotatable bonds is 7. The van der Waals surface area contributed by atoms with E-state index in [-0.39, 0.29) is 19.1 Å². The van der Waals surface area contributed by atoms with Gasteiger partial charge in [-0.05, 0) is 31.5 Å². The number of benzene rings is 2. The van der Waals surface area contributed by atoms with Crippen LogP contribution in [0.25, 0.3) is 0 Å². The first-order chi connectivity index (χ1) is 12.0. The number of aliphatic hydroxyl groups excluding tert-OH is 1. The minimum Gasteiger partial charge on any atom is -0.466 e. The van der Waals surface area contributed by atoms with Gasteiger partial charge in [-0.15, -0.1) is 0 Å². The molecule has 2 N–H and O–H groups in total. The number of hydrogen-bond acceptors (Lipinski definition) is 4. The van der Waals surface area contributed by atoms with E-state index in [0.717, 1.165) is 5.56 Å². The second-order valence-electron chi connectivity index (χ2n) is 5.79. The molecule has 132 valence electrons. The molecule has 0 unspecified atom stereocenters. The molecule has 5 heteroatoms. The van der Waals surface area contributed by atoms with Crippen LogP contribution in [0.5, 0.6) is 0 Å². The molecule has 0 radical (unpaired) electrons. The lowest BCUT2D eigenvalue weighted by atomic mass is 9.94. The zero-order chi connectivity index (χ0) is 18.2. The predicted octanol–water partition coefficient (Wildman–Crippen LogP) is 2.64. The minimum atomic E-state index is -1.06. The van der Waals surface area contributed by atoms with Crippen molar-refractivity contribution in [2.75, 3.05) is 13.2 Å². The molecule has 0 saturated heterocycles. The molecule has 0 spiro atoms. The van der Waals surface area contributed by atoms with E-state index in [1.807, 2.05) is 31.2 Å². The smallest absolute Gasteiger partial charge is 0.313 e. The molecule has 0 aliphatic heterocycles. The Morgan fingerprint density at radius 2 is 1.84 bits per heavy atom. The first-order valence-corrected chi connectivity index (χ1v) is 8.27. The van der Waals surface area contributed by atoms with Gasteiger partial charge in [0.05, 0.1) is 12.7 Å². The molecule has 0 aliphatic rings. The number of carbonyl (C=O) groups is 2. The molecule has 2 aromatic rings. The third-order valence-electron chi connectivity index (χ3n) is 3.87. The number of esters is 1. The van der Waals surface area contributed by atoms with Gasteiger partial charge < -0.3 is 15.2 Å². The van der Waals surface area contributed by atoms with Crippen molar-refractivity contribution in [3.8, 4) is 0 Å². The topological polar surface area (TPSA) is 75.6 Å². The predicted molar refractivity (Wildman–Crippen MR) is 95.0 cm³/mol. The molecule has 1 amide bonds. The van der Waals surface area contributed by atoms with Gasteiger partial charge in [0.25, 0.3) is 5.91 Å². The number of ether oxygens (including phenoxy) is 1. The van der Waals surface area contributed by atoms with Crippen LogP contribution in [0.4, 0.5) is 0 Å². The summed E-state index contributed by atoms with van der Waals surface area (Å²) in [6.45, 7) is 3.81. The first-order valence-electron chi connectivity index (χ1n) is 8.27. The molecule has 0 bridgehead atoms. The van der Waals surface area contributed by atoms with E-state index in [2.05, 4.69) is 5.32 Å². The molecule has 2 rings (SSSR count). The Kier molecular flexibility index (Phi) is 6.71. The van der Waals surface area contributed by atoms with Gasteiger partial charge in [0.2, 0.25) is 0 Å². The monoisotopic (exact) mass is 341 g/mol. The van der Waals surface area contributed by atoms with Crippen molar-refractivity contribution in [1.82, 2.24) is 5.32 Å². The van der Waals surface area contributed by atoms with E-state index < -0.39 is 18.0 Å². The third-order valence-corrected chi connectivity index (χ3v) is 3.87. The molecule has 0 aliphatic carbocycles. The van der Waals surface area contributed by atoms with Gasteiger partial charge in [-0.2, -0.15) is 0 Å². The zero-order valence-corrected chi connectivity index (χ0v) is 14.4. The SMILES string of the molecule is CCOC(=O)[C@H](CNC(=O)c1ccccc1)[C@H](O)c1cccc(C)c1. The molecule has 25 heavy (non-hydrogen) atoms. The summed E-state index contributed by atoms with van der Waals surface area (Å²) in [4.78, 5) is 24.5. The van der Waals surface area contributed by atoms with Gasteiger partial charge in [-0.1, -0.05) is 48.0 Å². The molecule has 5 nitrogen and oxygen atoms in total. The highest BCUT2D eigenvalue weighted by Gasteiger charge is 2.30. The van der Waals surface area contributed by atoms with Crippen LogP contribution in [-0.2, 0) is 9.53 Å². The van der Waals surface area contributed by atoms with Crippen LogP contribution in [-0.4, -0.2) is 30.1 Å². The fourth-order valence-corrected chi connectivity index (χ4v) is 2.55. The number of aliphatic hydroxyl groups is 1. The lowest BCUT2D eigenvalue weighted by Gasteiger charge is -2.22. The minimum absolute atomic E-state index is 0.0122. The largest absolute Gasteiger partial charge is 0.466 e. The maximum Gasteiger partial charge on any atom is 0.313 e. The van der Waals surface area contributed by atoms with Crippen molar-refractivity contribution >= 4 is 11.9 Å². The van der Waals surface area contributed by atoms with Crippen LogP contribution < -0.4 is 5.32 Å². The van der Waals surface area contributed by atoms with Gasteiger partial charge in [0, 0.05) is 12.1 Å². The molecular formula is C20H23NO4. The van der Waals surface area contributed by atoms with Crippen LogP contribution in [0.3, 0.4) is 0 Å². The Balaban J connectivity index is 2.13. The Hall–Kier alpha value is -2.66. The van der Waals surface area contributed by atoms with E-state index in [0.29, 0.717) is 11.1 Å². The Morgan fingerprint density at radius 3 is 2.48 bits per heavy atom. The number of nitrogens with one attached hydrogen (secondary N) is 1. The summed E-state index contributed by atoms with van der Waals surface area (Å²) < 4.78 is 5.06. The van der Waals surface area contributed by atoms with Gasteiger partial charge >= 0.3 is 5.97 Å². The third kappa shape index (κ3) is 5.16. The summed E-state index contributed by atoms with van der Waals surface area (Å²) >= 11 is 0. The molecule has 2 aromatic carbocycles. The summed E-state index contributed by atoms with van der Waals surface area (Å²) in [5.74, 6) is -1.72. The van der Waals surface area contributed by atoms with Crippen molar-refractivity contribution in [2.24, 2.45) is 5.92 Å². The van der Waals surface area contributed by atoms with Crippen LogP contribution >= 0.6 is 0 Å². The highest BCUT2D eigenvalue weighted by molar-refractivity contribution is 5.94. The van der Waals surface area contributed by atoms with E-state index in [4.69, 9.17) is 4.74 Å². The fourth-order valence-electron chi connectivity index (χ4n) is 2.55. The first kappa shape index (κ1) is 18.7. The molecule has 0 saturated carbocycles. The summed E-state index contributed by atoms with van der Waals surface area (Å²) in [7, 11) is 0. The number of carbonyl (C=O) groups excluding carboxylic acids is 2. The highest BCUT2D eigenvalue weighted by Crippen LogP contribution is 2.24. The van der Waals surface area contributed by atoms with Crippen LogP contribution in [0.15, 0.2) is 54.6 Å². The van der Waals surface area contributed by atoms with Crippen molar-refractivity contribution in [3.63, 3.8) is 0 Å². The second kappa shape index (κ2) is 8.99. The van der Waals surface area contributed by atoms with Gasteiger partial charge in [-0.3, -0.25) is 9.59 Å². The van der Waals surface area contributed by atoms with Crippen molar-refractivity contribution < 1.29 is 19.4 Å². The van der Waals surface area contributed by atoms with E-state index in [9.17, 15) is 14.7 Å². The maximum atomic E-state index is 12.3. The molecular weight excluding hydrogens is 318 g/mol. The number of aryl methyl sites for hydroxylation is 1. The Morgan fingerprint density at radius 1 is 1.12 bits per heavy atom. The van der Waals surface area contributed by atoms with E-state index >= 15 is 0 Å². The lowest BCUT2D eigenvalue weighted by molar-refractivity contribution is -0.151. The summed E-state index contributed by atoms with van der Waals surface area (Å²) in [5, 5.41) is 13.3. The van der Waals surface area contributed by atoms with Gasteiger partial charge in [-0.25, -0.2) is 0 Å². The molecule has 0 fully saturated rings. The normalized spacial score (nSPS) is 12.9. The molecule has 0 heterocycles. The van der Waals surface area contributed by atoms with Gasteiger partial charge in [0.15, 0.2) is 0 Å². The van der Waals surface area contributed by atoms with Crippen LogP contribution in [0.1, 0.15) is 34.5 Å². The van der Waals surface area contributed by atoms with Crippen molar-refractivity contribution in [2.45, 2.75) is 20.0 Å². The van der Waals surface area contributed by atoms with Crippen molar-refractivity contribution in [3.05, 3.63) is 71.3 Å². The standard InChI is InChI=1S/C20H23NO4/c1-3-25-20(24)17(18(22)16-11-7-8-14(2)12-16)13-21-19(23)15-9-5-4-6-10-15/h4-12,17-18,22H,3,13H2,1-2H3,(H,21,23)/t17-,18-/m1/s1. The average Bonchev–Trinajstić information content (AvgIpc) is 2.62. The van der Waals surface area contributed by atoms with Crippen molar-refractivity contribution in [1.29, 1.82) is 0 Å².